The first-order valence-electron chi connectivity index (χ1n) is 5.48. The van der Waals surface area contributed by atoms with Gasteiger partial charge in [0, 0.05) is 22.6 Å². The van der Waals surface area contributed by atoms with Gasteiger partial charge in [0.25, 0.3) is 0 Å². The molecule has 2 rings (SSSR count). The minimum absolute atomic E-state index is 0.0953. The van der Waals surface area contributed by atoms with Crippen molar-refractivity contribution in [3.8, 4) is 11.5 Å². The summed E-state index contributed by atoms with van der Waals surface area (Å²) in [5.74, 6) is 0.824. The highest BCUT2D eigenvalue weighted by molar-refractivity contribution is 6.31. The summed E-state index contributed by atoms with van der Waals surface area (Å²) in [6.45, 7) is 2.78. The smallest absolute Gasteiger partial charge is 0.166 e. The molecule has 1 unspecified atom stereocenters. The van der Waals surface area contributed by atoms with Crippen molar-refractivity contribution >= 4 is 11.6 Å². The summed E-state index contributed by atoms with van der Waals surface area (Å²) in [6, 6.07) is 1.84. The molecule has 0 radical (unpaired) electrons. The van der Waals surface area contributed by atoms with E-state index in [9.17, 15) is 5.11 Å². The number of aromatic hydroxyl groups is 1. The number of hydrogen-bond donors (Lipinski definition) is 2. The number of phenolic OH excluding ortho intramolecular Hbond substituents is 1. The molecule has 0 fully saturated rings. The molecule has 1 atom stereocenters. The van der Waals surface area contributed by atoms with E-state index in [0.717, 1.165) is 30.5 Å². The molecular formula is C12H16ClNO2. The summed E-state index contributed by atoms with van der Waals surface area (Å²) >= 11 is 6.18. The lowest BCUT2D eigenvalue weighted by molar-refractivity contribution is 0.244. The number of hydrogen-bond acceptors (Lipinski definition) is 3. The normalized spacial score (nSPS) is 18.3. The fourth-order valence-electron chi connectivity index (χ4n) is 2.00. The lowest BCUT2D eigenvalue weighted by Gasteiger charge is -2.10. The Hall–Kier alpha value is -0.930. The average Bonchev–Trinajstić information content (AvgIpc) is 2.64. The number of benzene rings is 1. The van der Waals surface area contributed by atoms with Gasteiger partial charge in [0.2, 0.25) is 0 Å². The highest BCUT2D eigenvalue weighted by Gasteiger charge is 2.26. The number of nitrogens with one attached hydrogen (secondary N) is 1. The Kier molecular flexibility index (Phi) is 3.26. The summed E-state index contributed by atoms with van der Waals surface area (Å²) < 4.78 is 5.58. The molecule has 1 aliphatic heterocycles. The van der Waals surface area contributed by atoms with Crippen LogP contribution in [-0.4, -0.2) is 24.8 Å². The lowest BCUT2D eigenvalue weighted by Crippen LogP contribution is -2.10. The van der Waals surface area contributed by atoms with Gasteiger partial charge in [-0.2, -0.15) is 0 Å². The van der Waals surface area contributed by atoms with Crippen molar-refractivity contribution in [3.05, 3.63) is 22.2 Å². The first-order chi connectivity index (χ1) is 7.63. The number of phenols is 1. The van der Waals surface area contributed by atoms with Crippen molar-refractivity contribution in [3.63, 3.8) is 0 Å². The van der Waals surface area contributed by atoms with Crippen LogP contribution in [0.15, 0.2) is 6.07 Å². The molecule has 4 heteroatoms. The summed E-state index contributed by atoms with van der Waals surface area (Å²) in [5.41, 5.74) is 1.77. The van der Waals surface area contributed by atoms with Gasteiger partial charge in [0.05, 0.1) is 0 Å². The van der Waals surface area contributed by atoms with Gasteiger partial charge in [-0.1, -0.05) is 11.6 Å². The summed E-state index contributed by atoms with van der Waals surface area (Å²) in [4.78, 5) is 0. The molecule has 1 aromatic rings. The molecular weight excluding hydrogens is 226 g/mol. The third-order valence-electron chi connectivity index (χ3n) is 2.84. The van der Waals surface area contributed by atoms with Gasteiger partial charge >= 0.3 is 0 Å². The van der Waals surface area contributed by atoms with E-state index >= 15 is 0 Å². The summed E-state index contributed by atoms with van der Waals surface area (Å²) in [6.07, 6.45) is 1.61. The monoisotopic (exact) mass is 241 g/mol. The predicted octanol–water partition coefficient (Wildman–Crippen LogP) is 2.13. The molecule has 0 bridgehead atoms. The topological polar surface area (TPSA) is 41.5 Å². The van der Waals surface area contributed by atoms with Crippen molar-refractivity contribution in [1.82, 2.24) is 5.32 Å². The van der Waals surface area contributed by atoms with E-state index in [2.05, 4.69) is 5.32 Å². The maximum Gasteiger partial charge on any atom is 0.166 e. The van der Waals surface area contributed by atoms with Crippen LogP contribution in [0.2, 0.25) is 5.02 Å². The Labute approximate surface area is 100 Å². The molecule has 1 aromatic carbocycles. The fourth-order valence-corrected chi connectivity index (χ4v) is 2.30. The third-order valence-corrected chi connectivity index (χ3v) is 3.17. The van der Waals surface area contributed by atoms with E-state index < -0.39 is 0 Å². The van der Waals surface area contributed by atoms with Crippen LogP contribution in [0.5, 0.6) is 11.5 Å². The quantitative estimate of drug-likeness (QED) is 0.852. The van der Waals surface area contributed by atoms with Gasteiger partial charge < -0.3 is 15.2 Å². The highest BCUT2D eigenvalue weighted by atomic mass is 35.5. The Morgan fingerprint density at radius 1 is 1.62 bits per heavy atom. The van der Waals surface area contributed by atoms with Crippen molar-refractivity contribution in [1.29, 1.82) is 0 Å². The molecule has 16 heavy (non-hydrogen) atoms. The first kappa shape index (κ1) is 11.6. The number of ether oxygens (including phenoxy) is 1. The zero-order chi connectivity index (χ0) is 11.7. The average molecular weight is 242 g/mol. The highest BCUT2D eigenvalue weighted by Crippen LogP contribution is 2.43. The molecule has 0 spiro atoms. The van der Waals surface area contributed by atoms with Crippen LogP contribution in [0.1, 0.15) is 18.1 Å². The van der Waals surface area contributed by atoms with Crippen LogP contribution in [0.25, 0.3) is 0 Å². The van der Waals surface area contributed by atoms with Gasteiger partial charge in [-0.3, -0.25) is 0 Å². The van der Waals surface area contributed by atoms with Crippen molar-refractivity contribution in [2.75, 3.05) is 13.6 Å². The van der Waals surface area contributed by atoms with Crippen LogP contribution in [0, 0.1) is 0 Å². The lowest BCUT2D eigenvalue weighted by atomic mass is 10.0. The molecule has 0 aliphatic carbocycles. The zero-order valence-electron chi connectivity index (χ0n) is 9.51. The summed E-state index contributed by atoms with van der Waals surface area (Å²) in [5, 5.41) is 13.8. The Balaban J connectivity index is 2.37. The Morgan fingerprint density at radius 3 is 3.06 bits per heavy atom. The van der Waals surface area contributed by atoms with Crippen molar-refractivity contribution in [2.24, 2.45) is 0 Å². The Bertz CT molecular complexity index is 406. The number of rotatable bonds is 3. The van der Waals surface area contributed by atoms with Crippen LogP contribution in [-0.2, 0) is 12.8 Å². The van der Waals surface area contributed by atoms with Crippen molar-refractivity contribution < 1.29 is 9.84 Å². The van der Waals surface area contributed by atoms with E-state index in [1.165, 1.54) is 0 Å². The molecule has 0 saturated carbocycles. The van der Waals surface area contributed by atoms with E-state index in [4.69, 9.17) is 16.3 Å². The van der Waals surface area contributed by atoms with Crippen molar-refractivity contribution in [2.45, 2.75) is 25.9 Å². The third kappa shape index (κ3) is 1.97. The maximum atomic E-state index is 10.1. The van der Waals surface area contributed by atoms with E-state index in [1.807, 2.05) is 20.0 Å². The van der Waals surface area contributed by atoms with Crippen LogP contribution in [0.3, 0.4) is 0 Å². The van der Waals surface area contributed by atoms with Crippen LogP contribution >= 0.6 is 11.6 Å². The number of likely N-dealkylation sites (N-methyl/N-ethyl adjacent to an activating group) is 1. The SMILES string of the molecule is CNCCc1cc(Cl)c2c(c1O)OC(C)C2. The van der Waals surface area contributed by atoms with Gasteiger partial charge in [0.15, 0.2) is 11.5 Å². The molecule has 3 nitrogen and oxygen atoms in total. The first-order valence-corrected chi connectivity index (χ1v) is 5.85. The standard InChI is InChI=1S/C12H16ClNO2/c1-7-5-9-10(13)6-8(3-4-14-2)11(15)12(9)16-7/h6-7,14-15H,3-5H2,1-2H3. The molecule has 0 aromatic heterocycles. The molecule has 0 amide bonds. The van der Waals surface area contributed by atoms with Crippen LogP contribution < -0.4 is 10.1 Å². The second-order valence-electron chi connectivity index (χ2n) is 4.16. The molecule has 2 N–H and O–H groups in total. The summed E-state index contributed by atoms with van der Waals surface area (Å²) in [7, 11) is 1.88. The second-order valence-corrected chi connectivity index (χ2v) is 4.57. The number of fused-ring (bicyclic) bond motifs is 1. The molecule has 0 saturated heterocycles. The zero-order valence-corrected chi connectivity index (χ0v) is 10.3. The largest absolute Gasteiger partial charge is 0.504 e. The van der Waals surface area contributed by atoms with E-state index in [-0.39, 0.29) is 11.9 Å². The molecule has 1 heterocycles. The van der Waals surface area contributed by atoms with Gasteiger partial charge in [-0.15, -0.1) is 0 Å². The van der Waals surface area contributed by atoms with Gasteiger partial charge in [-0.25, -0.2) is 0 Å². The molecule has 1 aliphatic rings. The van der Waals surface area contributed by atoms with E-state index in [0.29, 0.717) is 10.8 Å². The minimum Gasteiger partial charge on any atom is -0.504 e. The van der Waals surface area contributed by atoms with Crippen LogP contribution in [0.4, 0.5) is 0 Å². The predicted molar refractivity (Wildman–Crippen MR) is 64.5 cm³/mol. The molecule has 88 valence electrons. The number of halogens is 1. The maximum absolute atomic E-state index is 10.1. The van der Waals surface area contributed by atoms with E-state index in [1.54, 1.807) is 0 Å². The minimum atomic E-state index is 0.0953. The second kappa shape index (κ2) is 4.52. The van der Waals surface area contributed by atoms with Gasteiger partial charge in [-0.05, 0) is 33.0 Å². The fraction of sp³-hybridized carbons (Fsp3) is 0.500. The Morgan fingerprint density at radius 2 is 2.38 bits per heavy atom. The van der Waals surface area contributed by atoms with Gasteiger partial charge in [0.1, 0.15) is 6.10 Å².